The molecule has 0 saturated carbocycles. The van der Waals surface area contributed by atoms with Crippen molar-refractivity contribution >= 4 is 39.2 Å². The van der Waals surface area contributed by atoms with Gasteiger partial charge in [-0.3, -0.25) is 4.79 Å². The number of thiophene rings is 1. The van der Waals surface area contributed by atoms with Gasteiger partial charge in [-0.15, -0.1) is 23.1 Å². The first kappa shape index (κ1) is 18.8. The lowest BCUT2D eigenvalue weighted by atomic mass is 10.1. The van der Waals surface area contributed by atoms with Crippen molar-refractivity contribution in [1.29, 1.82) is 0 Å². The van der Waals surface area contributed by atoms with Crippen LogP contribution < -0.4 is 5.32 Å². The van der Waals surface area contributed by atoms with E-state index in [0.717, 1.165) is 26.4 Å². The van der Waals surface area contributed by atoms with Crippen molar-refractivity contribution in [2.75, 3.05) is 18.9 Å². The van der Waals surface area contributed by atoms with E-state index in [1.54, 1.807) is 29.4 Å². The molecule has 1 aromatic carbocycles. The van der Waals surface area contributed by atoms with Crippen LogP contribution in [-0.2, 0) is 4.79 Å². The molecule has 0 atom stereocenters. The van der Waals surface area contributed by atoms with Gasteiger partial charge in [0.1, 0.15) is 16.2 Å². The Morgan fingerprint density at radius 1 is 1.27 bits per heavy atom. The van der Waals surface area contributed by atoms with Crippen molar-refractivity contribution in [1.82, 2.24) is 15.3 Å². The number of aryl methyl sites for hydroxylation is 1. The summed E-state index contributed by atoms with van der Waals surface area (Å²) >= 11 is 3.19. The summed E-state index contributed by atoms with van der Waals surface area (Å²) in [5.74, 6) is 0.653. The maximum absolute atomic E-state index is 11.8. The molecule has 0 unspecified atom stereocenters. The van der Waals surface area contributed by atoms with Crippen molar-refractivity contribution in [3.8, 4) is 11.1 Å². The van der Waals surface area contributed by atoms with Gasteiger partial charge in [0, 0.05) is 36.3 Å². The predicted octanol–water partition coefficient (Wildman–Crippen LogP) is 3.65. The second kappa shape index (κ2) is 9.12. The van der Waals surface area contributed by atoms with Gasteiger partial charge in [-0.1, -0.05) is 29.8 Å². The van der Waals surface area contributed by atoms with Gasteiger partial charge >= 0.3 is 0 Å². The number of carbonyl (C=O) groups is 1. The Bertz CT molecular complexity index is 878. The summed E-state index contributed by atoms with van der Waals surface area (Å²) in [6.45, 7) is 2.68. The van der Waals surface area contributed by atoms with Crippen molar-refractivity contribution < 1.29 is 9.90 Å². The average Bonchev–Trinajstić information content (AvgIpc) is 3.08. The van der Waals surface area contributed by atoms with Gasteiger partial charge < -0.3 is 10.4 Å². The summed E-state index contributed by atoms with van der Waals surface area (Å²) in [6, 6.07) is 8.44. The standard InChI is InChI=1S/C19H21N3O2S2/c1-13-3-5-14(6-4-13)15-11-26-19-17(15)18(21-12-22-19)25-10-7-16(24)20-8-2-9-23/h3-6,11-12,23H,2,7-10H2,1H3,(H,20,24). The van der Waals surface area contributed by atoms with Gasteiger partial charge in [-0.05, 0) is 18.9 Å². The third-order valence-corrected chi connectivity index (χ3v) is 5.80. The molecule has 136 valence electrons. The lowest BCUT2D eigenvalue weighted by molar-refractivity contribution is -0.120. The summed E-state index contributed by atoms with van der Waals surface area (Å²) in [4.78, 5) is 21.6. The van der Waals surface area contributed by atoms with Crippen LogP contribution in [-0.4, -0.2) is 39.9 Å². The molecule has 1 amide bonds. The van der Waals surface area contributed by atoms with Crippen molar-refractivity contribution in [3.63, 3.8) is 0 Å². The molecule has 0 aliphatic rings. The normalized spacial score (nSPS) is 11.0. The molecule has 5 nitrogen and oxygen atoms in total. The first-order valence-corrected chi connectivity index (χ1v) is 10.3. The van der Waals surface area contributed by atoms with Crippen LogP contribution in [0.3, 0.4) is 0 Å². The number of carbonyl (C=O) groups excluding carboxylic acids is 1. The molecular weight excluding hydrogens is 366 g/mol. The molecule has 0 spiro atoms. The molecule has 0 bridgehead atoms. The first-order chi connectivity index (χ1) is 12.7. The van der Waals surface area contributed by atoms with Crippen LogP contribution in [0.15, 0.2) is 41.0 Å². The minimum absolute atomic E-state index is 0.000302. The van der Waals surface area contributed by atoms with E-state index in [2.05, 4.69) is 51.9 Å². The van der Waals surface area contributed by atoms with Crippen LogP contribution in [0.1, 0.15) is 18.4 Å². The van der Waals surface area contributed by atoms with Crippen LogP contribution in [0.2, 0.25) is 0 Å². The zero-order valence-corrected chi connectivity index (χ0v) is 16.2. The second-order valence-electron chi connectivity index (χ2n) is 5.90. The van der Waals surface area contributed by atoms with Crippen LogP contribution in [0.5, 0.6) is 0 Å². The van der Waals surface area contributed by atoms with Gasteiger partial charge in [0.25, 0.3) is 0 Å². The molecule has 3 aromatic rings. The predicted molar refractivity (Wildman–Crippen MR) is 108 cm³/mol. The fourth-order valence-electron chi connectivity index (χ4n) is 2.54. The van der Waals surface area contributed by atoms with E-state index in [-0.39, 0.29) is 12.5 Å². The zero-order chi connectivity index (χ0) is 18.4. The Morgan fingerprint density at radius 2 is 2.08 bits per heavy atom. The number of hydrogen-bond donors (Lipinski definition) is 2. The van der Waals surface area contributed by atoms with Gasteiger partial charge in [-0.2, -0.15) is 0 Å². The number of aromatic nitrogens is 2. The highest BCUT2D eigenvalue weighted by atomic mass is 32.2. The molecule has 2 heterocycles. The summed E-state index contributed by atoms with van der Waals surface area (Å²) in [7, 11) is 0. The number of fused-ring (bicyclic) bond motifs is 1. The third-order valence-electron chi connectivity index (χ3n) is 3.92. The van der Waals surface area contributed by atoms with Gasteiger partial charge in [0.15, 0.2) is 0 Å². The van der Waals surface area contributed by atoms with Crippen LogP contribution in [0.25, 0.3) is 21.3 Å². The highest BCUT2D eigenvalue weighted by Crippen LogP contribution is 2.37. The maximum Gasteiger partial charge on any atom is 0.220 e. The minimum Gasteiger partial charge on any atom is -0.396 e. The van der Waals surface area contributed by atoms with E-state index in [1.807, 2.05) is 0 Å². The number of nitrogens with one attached hydrogen (secondary N) is 1. The number of aliphatic hydroxyl groups excluding tert-OH is 1. The van der Waals surface area contributed by atoms with Crippen LogP contribution >= 0.6 is 23.1 Å². The van der Waals surface area contributed by atoms with Gasteiger partial charge in [0.2, 0.25) is 5.91 Å². The molecule has 0 aliphatic carbocycles. The Balaban J connectivity index is 1.73. The molecule has 0 radical (unpaired) electrons. The number of amides is 1. The first-order valence-electron chi connectivity index (χ1n) is 8.48. The van der Waals surface area contributed by atoms with E-state index < -0.39 is 0 Å². The molecule has 0 saturated heterocycles. The summed E-state index contributed by atoms with van der Waals surface area (Å²) in [5, 5.41) is 15.6. The topological polar surface area (TPSA) is 75.1 Å². The largest absolute Gasteiger partial charge is 0.396 e. The smallest absolute Gasteiger partial charge is 0.220 e. The molecular formula is C19H21N3O2S2. The number of rotatable bonds is 8. The zero-order valence-electron chi connectivity index (χ0n) is 14.6. The lowest BCUT2D eigenvalue weighted by Gasteiger charge is -2.06. The van der Waals surface area contributed by atoms with Crippen LogP contribution in [0, 0.1) is 6.92 Å². The van der Waals surface area contributed by atoms with Crippen LogP contribution in [0.4, 0.5) is 0 Å². The van der Waals surface area contributed by atoms with E-state index in [4.69, 9.17) is 5.11 Å². The van der Waals surface area contributed by atoms with Crippen molar-refractivity contribution in [2.45, 2.75) is 24.8 Å². The summed E-state index contributed by atoms with van der Waals surface area (Å²) in [6.07, 6.45) is 2.59. The maximum atomic E-state index is 11.8. The number of nitrogens with zero attached hydrogens (tertiary/aromatic N) is 2. The molecule has 2 N–H and O–H groups in total. The van der Waals surface area contributed by atoms with E-state index in [9.17, 15) is 4.79 Å². The fraction of sp³-hybridized carbons (Fsp3) is 0.316. The molecule has 3 rings (SSSR count). The monoisotopic (exact) mass is 387 g/mol. The third kappa shape index (κ3) is 4.60. The fourth-order valence-corrected chi connectivity index (χ4v) is 4.47. The highest BCUT2D eigenvalue weighted by Gasteiger charge is 2.14. The number of aliphatic hydroxyl groups is 1. The molecule has 0 aliphatic heterocycles. The quantitative estimate of drug-likeness (QED) is 0.351. The average molecular weight is 388 g/mol. The van der Waals surface area contributed by atoms with Gasteiger partial charge in [-0.25, -0.2) is 9.97 Å². The Hall–Kier alpha value is -1.96. The second-order valence-corrected chi connectivity index (χ2v) is 7.84. The van der Waals surface area contributed by atoms with Gasteiger partial charge in [0.05, 0.1) is 5.39 Å². The van der Waals surface area contributed by atoms with Crippen molar-refractivity contribution in [3.05, 3.63) is 41.5 Å². The Morgan fingerprint density at radius 3 is 2.85 bits per heavy atom. The Labute approximate surface area is 160 Å². The lowest BCUT2D eigenvalue weighted by Crippen LogP contribution is -2.25. The number of hydrogen-bond acceptors (Lipinski definition) is 6. The number of thioether (sulfide) groups is 1. The van der Waals surface area contributed by atoms with E-state index in [1.165, 1.54) is 5.56 Å². The molecule has 2 aromatic heterocycles. The van der Waals surface area contributed by atoms with Crippen molar-refractivity contribution in [2.24, 2.45) is 0 Å². The molecule has 7 heteroatoms. The molecule has 26 heavy (non-hydrogen) atoms. The Kier molecular flexibility index (Phi) is 6.60. The summed E-state index contributed by atoms with van der Waals surface area (Å²) in [5.41, 5.74) is 3.52. The van der Waals surface area contributed by atoms with E-state index in [0.29, 0.717) is 25.1 Å². The number of benzene rings is 1. The summed E-state index contributed by atoms with van der Waals surface area (Å²) < 4.78 is 0. The highest BCUT2D eigenvalue weighted by molar-refractivity contribution is 7.99. The molecule has 0 fully saturated rings. The minimum atomic E-state index is 0.000302. The van der Waals surface area contributed by atoms with E-state index >= 15 is 0 Å². The SMILES string of the molecule is Cc1ccc(-c2csc3ncnc(SCCC(=O)NCCCO)c23)cc1.